The van der Waals surface area contributed by atoms with E-state index in [2.05, 4.69) is 6.92 Å². The molecule has 1 aliphatic heterocycles. The molecule has 2 N–H and O–H groups in total. The van der Waals surface area contributed by atoms with Gasteiger partial charge in [0.25, 0.3) is 0 Å². The van der Waals surface area contributed by atoms with Crippen LogP contribution in [-0.4, -0.2) is 34.5 Å². The molecule has 0 radical (unpaired) electrons. The second kappa shape index (κ2) is 2.49. The van der Waals surface area contributed by atoms with Gasteiger partial charge in [0.15, 0.2) is 0 Å². The monoisotopic (exact) mass is 198 g/mol. The van der Waals surface area contributed by atoms with Crippen molar-refractivity contribution in [2.24, 2.45) is 23.7 Å². The first kappa shape index (κ1) is 8.68. The van der Waals surface area contributed by atoms with Crippen molar-refractivity contribution >= 4 is 5.97 Å². The van der Waals surface area contributed by atoms with Crippen molar-refractivity contribution < 1.29 is 19.7 Å². The Balaban J connectivity index is 2.02. The van der Waals surface area contributed by atoms with Crippen molar-refractivity contribution in [3.8, 4) is 0 Å². The van der Waals surface area contributed by atoms with Gasteiger partial charge in [-0.1, -0.05) is 6.92 Å². The molecule has 0 spiro atoms. The first-order valence-corrected chi connectivity index (χ1v) is 5.18. The maximum Gasteiger partial charge on any atom is 0.312 e. The minimum atomic E-state index is -0.912. The van der Waals surface area contributed by atoms with E-state index < -0.39 is 18.1 Å². The lowest BCUT2D eigenvalue weighted by Crippen LogP contribution is -2.32. The van der Waals surface area contributed by atoms with Crippen LogP contribution >= 0.6 is 0 Å². The number of esters is 1. The number of hydrogen-bond donors (Lipinski definition) is 2. The maximum atomic E-state index is 11.4. The van der Waals surface area contributed by atoms with Gasteiger partial charge in [0.05, 0.1) is 18.1 Å². The van der Waals surface area contributed by atoms with Crippen molar-refractivity contribution in [2.75, 3.05) is 0 Å². The Hall–Kier alpha value is -0.610. The number of carbonyl (C=O) groups excluding carboxylic acids is 1. The third-order valence-corrected chi connectivity index (χ3v) is 4.20. The SMILES string of the molecule is C[C@H]1C[C@@H]2OC(=O)[C@@H]3[C@@H](O)[C@@H](O)[C@H]1[C@@H]32. The Morgan fingerprint density at radius 2 is 2.00 bits per heavy atom. The van der Waals surface area contributed by atoms with Crippen LogP contribution in [-0.2, 0) is 9.53 Å². The van der Waals surface area contributed by atoms with Gasteiger partial charge in [-0.25, -0.2) is 0 Å². The van der Waals surface area contributed by atoms with E-state index in [1.54, 1.807) is 0 Å². The molecule has 4 nitrogen and oxygen atoms in total. The Labute approximate surface area is 81.9 Å². The van der Waals surface area contributed by atoms with Crippen LogP contribution in [0.1, 0.15) is 13.3 Å². The van der Waals surface area contributed by atoms with E-state index in [1.807, 2.05) is 0 Å². The molecule has 0 unspecified atom stereocenters. The zero-order valence-corrected chi connectivity index (χ0v) is 7.96. The lowest BCUT2D eigenvalue weighted by molar-refractivity contribution is -0.148. The summed E-state index contributed by atoms with van der Waals surface area (Å²) >= 11 is 0. The maximum absolute atomic E-state index is 11.4. The third kappa shape index (κ3) is 0.792. The molecular weight excluding hydrogens is 184 g/mol. The molecule has 4 heteroatoms. The van der Waals surface area contributed by atoms with E-state index in [9.17, 15) is 15.0 Å². The average molecular weight is 198 g/mol. The van der Waals surface area contributed by atoms with Gasteiger partial charge in [0, 0.05) is 5.92 Å². The first-order chi connectivity index (χ1) is 6.61. The van der Waals surface area contributed by atoms with Gasteiger partial charge in [-0.2, -0.15) is 0 Å². The fourth-order valence-corrected chi connectivity index (χ4v) is 3.66. The highest BCUT2D eigenvalue weighted by atomic mass is 16.6. The van der Waals surface area contributed by atoms with Gasteiger partial charge in [-0.3, -0.25) is 4.79 Å². The van der Waals surface area contributed by atoms with Crippen LogP contribution in [0.3, 0.4) is 0 Å². The minimum absolute atomic E-state index is 0.0476. The highest BCUT2D eigenvalue weighted by Crippen LogP contribution is 2.55. The third-order valence-electron chi connectivity index (χ3n) is 4.20. The van der Waals surface area contributed by atoms with Gasteiger partial charge >= 0.3 is 5.97 Å². The quantitative estimate of drug-likeness (QED) is 0.517. The molecule has 3 aliphatic rings. The van der Waals surface area contributed by atoms with Crippen molar-refractivity contribution in [3.63, 3.8) is 0 Å². The highest BCUT2D eigenvalue weighted by molar-refractivity contribution is 5.77. The van der Waals surface area contributed by atoms with Gasteiger partial charge < -0.3 is 14.9 Å². The van der Waals surface area contributed by atoms with Crippen LogP contribution in [0.2, 0.25) is 0 Å². The highest BCUT2D eigenvalue weighted by Gasteiger charge is 2.65. The standard InChI is InChI=1S/C10H14O4/c1-3-2-4-6-5(3)8(11)9(12)7(6)10(13)14-4/h3-9,11-12H,2H2,1H3/t3-,4-,5+,6-,7-,8-,9+/m0/s1. The molecule has 0 aromatic rings. The number of aliphatic hydroxyl groups excluding tert-OH is 2. The summed E-state index contributed by atoms with van der Waals surface area (Å²) in [6.45, 7) is 2.05. The molecule has 14 heavy (non-hydrogen) atoms. The average Bonchev–Trinajstić information content (AvgIpc) is 2.64. The van der Waals surface area contributed by atoms with Crippen LogP contribution in [0, 0.1) is 23.7 Å². The molecule has 1 saturated heterocycles. The summed E-state index contributed by atoms with van der Waals surface area (Å²) in [5.41, 5.74) is 0. The summed E-state index contributed by atoms with van der Waals surface area (Å²) in [6.07, 6.45) is -0.871. The molecule has 1 heterocycles. The molecule has 0 bridgehead atoms. The fourth-order valence-electron chi connectivity index (χ4n) is 3.66. The Morgan fingerprint density at radius 3 is 2.71 bits per heavy atom. The van der Waals surface area contributed by atoms with Crippen LogP contribution in [0.25, 0.3) is 0 Å². The second-order valence-corrected chi connectivity index (χ2v) is 4.85. The van der Waals surface area contributed by atoms with Crippen molar-refractivity contribution in [1.82, 2.24) is 0 Å². The predicted octanol–water partition coefficient (Wildman–Crippen LogP) is -0.464. The minimum Gasteiger partial charge on any atom is -0.462 e. The van der Waals surface area contributed by atoms with Gasteiger partial charge in [-0.05, 0) is 18.3 Å². The van der Waals surface area contributed by atoms with Gasteiger partial charge in [-0.15, -0.1) is 0 Å². The van der Waals surface area contributed by atoms with Crippen LogP contribution in [0.4, 0.5) is 0 Å². The molecule has 78 valence electrons. The van der Waals surface area contributed by atoms with Crippen LogP contribution in [0.15, 0.2) is 0 Å². The van der Waals surface area contributed by atoms with E-state index in [0.29, 0.717) is 5.92 Å². The summed E-state index contributed by atoms with van der Waals surface area (Å²) in [6, 6.07) is 0. The van der Waals surface area contributed by atoms with Gasteiger partial charge in [0.2, 0.25) is 0 Å². The molecular formula is C10H14O4. The van der Waals surface area contributed by atoms with Gasteiger partial charge in [0.1, 0.15) is 6.10 Å². The largest absolute Gasteiger partial charge is 0.462 e. The van der Waals surface area contributed by atoms with E-state index in [1.165, 1.54) is 0 Å². The Bertz CT molecular complexity index is 290. The van der Waals surface area contributed by atoms with Crippen molar-refractivity contribution in [3.05, 3.63) is 0 Å². The molecule has 2 aliphatic carbocycles. The van der Waals surface area contributed by atoms with E-state index in [0.717, 1.165) is 6.42 Å². The Morgan fingerprint density at radius 1 is 1.29 bits per heavy atom. The molecule has 0 aromatic carbocycles. The number of carbonyl (C=O) groups is 1. The summed E-state index contributed by atoms with van der Waals surface area (Å²) in [4.78, 5) is 11.4. The Kier molecular flexibility index (Phi) is 1.55. The number of rotatable bonds is 0. The van der Waals surface area contributed by atoms with E-state index >= 15 is 0 Å². The number of hydrogen-bond acceptors (Lipinski definition) is 4. The number of ether oxygens (including phenoxy) is 1. The summed E-state index contributed by atoms with van der Waals surface area (Å²) in [5, 5.41) is 19.5. The van der Waals surface area contributed by atoms with Crippen molar-refractivity contribution in [1.29, 1.82) is 0 Å². The molecule has 3 rings (SSSR count). The number of aliphatic hydroxyl groups is 2. The lowest BCUT2D eigenvalue weighted by atomic mass is 9.89. The van der Waals surface area contributed by atoms with Crippen LogP contribution in [0.5, 0.6) is 0 Å². The second-order valence-electron chi connectivity index (χ2n) is 4.85. The predicted molar refractivity (Wildman–Crippen MR) is 46.1 cm³/mol. The lowest BCUT2D eigenvalue weighted by Gasteiger charge is -2.18. The zero-order valence-electron chi connectivity index (χ0n) is 7.96. The molecule has 0 amide bonds. The van der Waals surface area contributed by atoms with Crippen molar-refractivity contribution in [2.45, 2.75) is 31.7 Å². The first-order valence-electron chi connectivity index (χ1n) is 5.18. The van der Waals surface area contributed by atoms with E-state index in [-0.39, 0.29) is 23.9 Å². The normalized spacial score (nSPS) is 60.2. The molecule has 0 aromatic heterocycles. The zero-order chi connectivity index (χ0) is 10.0. The smallest absolute Gasteiger partial charge is 0.312 e. The topological polar surface area (TPSA) is 66.8 Å². The summed E-state index contributed by atoms with van der Waals surface area (Å²) < 4.78 is 5.20. The molecule has 7 atom stereocenters. The van der Waals surface area contributed by atoms with E-state index in [4.69, 9.17) is 4.74 Å². The molecule has 3 fully saturated rings. The summed E-state index contributed by atoms with van der Waals surface area (Å²) in [5.74, 6) is -0.340. The fraction of sp³-hybridized carbons (Fsp3) is 0.900. The van der Waals surface area contributed by atoms with Crippen LogP contribution < -0.4 is 0 Å². The molecule has 2 saturated carbocycles. The summed E-state index contributed by atoms with van der Waals surface area (Å²) in [7, 11) is 0.